The zero-order valence-electron chi connectivity index (χ0n) is 10.6. The number of anilines is 1. The van der Waals surface area contributed by atoms with E-state index in [4.69, 9.17) is 5.73 Å². The van der Waals surface area contributed by atoms with Crippen LogP contribution in [-0.2, 0) is 6.54 Å². The van der Waals surface area contributed by atoms with Crippen molar-refractivity contribution in [1.29, 1.82) is 0 Å². The highest BCUT2D eigenvalue weighted by Crippen LogP contribution is 2.20. The van der Waals surface area contributed by atoms with Gasteiger partial charge < -0.3 is 16.2 Å². The van der Waals surface area contributed by atoms with Gasteiger partial charge in [0.15, 0.2) is 0 Å². The first kappa shape index (κ1) is 13.0. The van der Waals surface area contributed by atoms with E-state index in [9.17, 15) is 9.90 Å². The van der Waals surface area contributed by atoms with Gasteiger partial charge in [-0.05, 0) is 30.2 Å². The molecule has 0 aliphatic carbocycles. The Hall–Kier alpha value is -2.40. The first-order valence-corrected chi connectivity index (χ1v) is 5.85. The van der Waals surface area contributed by atoms with Gasteiger partial charge >= 0.3 is 0 Å². The molecule has 1 heterocycles. The van der Waals surface area contributed by atoms with Crippen LogP contribution in [0, 0.1) is 6.92 Å². The van der Waals surface area contributed by atoms with E-state index in [2.05, 4.69) is 10.3 Å². The van der Waals surface area contributed by atoms with Gasteiger partial charge in [0.2, 0.25) is 0 Å². The second-order valence-electron chi connectivity index (χ2n) is 4.20. The van der Waals surface area contributed by atoms with Gasteiger partial charge in [-0.25, -0.2) is 0 Å². The van der Waals surface area contributed by atoms with Crippen molar-refractivity contribution in [2.75, 3.05) is 5.32 Å². The SMILES string of the molecule is Cc1ccc(CN)cc1NC(=O)c1ccncc1O. The molecule has 1 amide bonds. The summed E-state index contributed by atoms with van der Waals surface area (Å²) in [6.45, 7) is 2.30. The summed E-state index contributed by atoms with van der Waals surface area (Å²) in [6.07, 6.45) is 2.69. The number of rotatable bonds is 3. The number of hydrogen-bond acceptors (Lipinski definition) is 4. The van der Waals surface area contributed by atoms with Crippen LogP contribution >= 0.6 is 0 Å². The number of nitrogens with one attached hydrogen (secondary N) is 1. The lowest BCUT2D eigenvalue weighted by atomic mass is 10.1. The van der Waals surface area contributed by atoms with Gasteiger partial charge in [0.25, 0.3) is 5.91 Å². The predicted octanol–water partition coefficient (Wildman–Crippen LogP) is 1.81. The molecule has 0 saturated heterocycles. The average Bonchev–Trinajstić information content (AvgIpc) is 2.41. The average molecular weight is 257 g/mol. The van der Waals surface area contributed by atoms with Crippen LogP contribution in [0.1, 0.15) is 21.5 Å². The third-order valence-corrected chi connectivity index (χ3v) is 2.83. The molecular weight excluding hydrogens is 242 g/mol. The van der Waals surface area contributed by atoms with Gasteiger partial charge in [0, 0.05) is 18.4 Å². The lowest BCUT2D eigenvalue weighted by Gasteiger charge is -2.10. The van der Waals surface area contributed by atoms with E-state index in [1.54, 1.807) is 0 Å². The summed E-state index contributed by atoms with van der Waals surface area (Å²) in [6, 6.07) is 7.09. The number of aryl methyl sites for hydroxylation is 1. The lowest BCUT2D eigenvalue weighted by molar-refractivity contribution is 0.102. The summed E-state index contributed by atoms with van der Waals surface area (Å²) in [5.74, 6) is -0.523. The van der Waals surface area contributed by atoms with Gasteiger partial charge in [-0.1, -0.05) is 12.1 Å². The molecule has 2 rings (SSSR count). The molecule has 0 radical (unpaired) electrons. The van der Waals surface area contributed by atoms with Crippen LogP contribution in [0.3, 0.4) is 0 Å². The second-order valence-corrected chi connectivity index (χ2v) is 4.20. The van der Waals surface area contributed by atoms with Crippen molar-refractivity contribution >= 4 is 11.6 Å². The molecule has 1 aromatic carbocycles. The number of aromatic hydroxyl groups is 1. The van der Waals surface area contributed by atoms with Gasteiger partial charge in [-0.15, -0.1) is 0 Å². The smallest absolute Gasteiger partial charge is 0.259 e. The summed E-state index contributed by atoms with van der Waals surface area (Å²) in [5, 5.41) is 12.3. The number of aromatic nitrogens is 1. The summed E-state index contributed by atoms with van der Waals surface area (Å²) in [4.78, 5) is 15.8. The van der Waals surface area contributed by atoms with Crippen molar-refractivity contribution in [3.05, 3.63) is 53.3 Å². The molecule has 0 aliphatic heterocycles. The lowest BCUT2D eigenvalue weighted by Crippen LogP contribution is -2.13. The number of carbonyl (C=O) groups is 1. The van der Waals surface area contributed by atoms with Crippen molar-refractivity contribution in [1.82, 2.24) is 4.98 Å². The number of nitrogens with zero attached hydrogens (tertiary/aromatic N) is 1. The monoisotopic (exact) mass is 257 g/mol. The van der Waals surface area contributed by atoms with Crippen molar-refractivity contribution in [3.63, 3.8) is 0 Å². The standard InChI is InChI=1S/C14H15N3O2/c1-9-2-3-10(7-15)6-12(9)17-14(19)11-4-5-16-8-13(11)18/h2-6,8,18H,7,15H2,1H3,(H,17,19). The number of hydrogen-bond donors (Lipinski definition) is 3. The molecule has 0 unspecified atom stereocenters. The molecule has 0 fully saturated rings. The second kappa shape index (κ2) is 5.49. The fraction of sp³-hybridized carbons (Fsp3) is 0.143. The highest BCUT2D eigenvalue weighted by molar-refractivity contribution is 6.06. The topological polar surface area (TPSA) is 88.2 Å². The molecular formula is C14H15N3O2. The quantitative estimate of drug-likeness (QED) is 0.782. The minimum atomic E-state index is -0.378. The fourth-order valence-electron chi connectivity index (χ4n) is 1.70. The maximum absolute atomic E-state index is 12.1. The van der Waals surface area contributed by atoms with Crippen LogP contribution in [0.4, 0.5) is 5.69 Å². The Kier molecular flexibility index (Phi) is 3.77. The Morgan fingerprint density at radius 2 is 2.21 bits per heavy atom. The van der Waals surface area contributed by atoms with E-state index in [0.717, 1.165) is 11.1 Å². The van der Waals surface area contributed by atoms with Crippen LogP contribution in [0.15, 0.2) is 36.7 Å². The Morgan fingerprint density at radius 3 is 2.89 bits per heavy atom. The minimum absolute atomic E-state index is 0.146. The van der Waals surface area contributed by atoms with Crippen LogP contribution in [-0.4, -0.2) is 16.0 Å². The molecule has 2 aromatic rings. The Labute approximate surface area is 111 Å². The van der Waals surface area contributed by atoms with E-state index >= 15 is 0 Å². The van der Waals surface area contributed by atoms with Crippen LogP contribution in [0.5, 0.6) is 5.75 Å². The van der Waals surface area contributed by atoms with Gasteiger partial charge in [-0.2, -0.15) is 0 Å². The highest BCUT2D eigenvalue weighted by Gasteiger charge is 2.12. The van der Waals surface area contributed by atoms with Gasteiger partial charge in [0.1, 0.15) is 5.75 Å². The maximum Gasteiger partial charge on any atom is 0.259 e. The van der Waals surface area contributed by atoms with Crippen molar-refractivity contribution in [2.45, 2.75) is 13.5 Å². The third-order valence-electron chi connectivity index (χ3n) is 2.83. The van der Waals surface area contributed by atoms with E-state index in [0.29, 0.717) is 12.2 Å². The Bertz CT molecular complexity index is 611. The normalized spacial score (nSPS) is 10.2. The first-order valence-electron chi connectivity index (χ1n) is 5.85. The fourth-order valence-corrected chi connectivity index (χ4v) is 1.70. The summed E-state index contributed by atoms with van der Waals surface area (Å²) < 4.78 is 0. The molecule has 4 N–H and O–H groups in total. The molecule has 0 atom stereocenters. The largest absolute Gasteiger partial charge is 0.505 e. The molecule has 1 aromatic heterocycles. The maximum atomic E-state index is 12.1. The number of amides is 1. The number of benzene rings is 1. The minimum Gasteiger partial charge on any atom is -0.505 e. The van der Waals surface area contributed by atoms with E-state index in [-0.39, 0.29) is 17.2 Å². The molecule has 0 saturated carbocycles. The zero-order valence-corrected chi connectivity index (χ0v) is 10.6. The molecule has 0 aliphatic rings. The van der Waals surface area contributed by atoms with Gasteiger partial charge in [0.05, 0.1) is 11.8 Å². The number of pyridine rings is 1. The third kappa shape index (κ3) is 2.89. The summed E-state index contributed by atoms with van der Waals surface area (Å²) in [7, 11) is 0. The zero-order chi connectivity index (χ0) is 13.8. The molecule has 98 valence electrons. The van der Waals surface area contributed by atoms with Crippen LogP contribution in [0.25, 0.3) is 0 Å². The van der Waals surface area contributed by atoms with Crippen molar-refractivity contribution in [3.8, 4) is 5.75 Å². The van der Waals surface area contributed by atoms with E-state index in [1.165, 1.54) is 18.5 Å². The summed E-state index contributed by atoms with van der Waals surface area (Å²) in [5.41, 5.74) is 8.31. The number of nitrogens with two attached hydrogens (primary N) is 1. The van der Waals surface area contributed by atoms with Crippen LogP contribution < -0.4 is 11.1 Å². The molecule has 5 heteroatoms. The molecule has 19 heavy (non-hydrogen) atoms. The Morgan fingerprint density at radius 1 is 1.42 bits per heavy atom. The first-order chi connectivity index (χ1) is 9.11. The van der Waals surface area contributed by atoms with E-state index in [1.807, 2.05) is 25.1 Å². The van der Waals surface area contributed by atoms with Crippen molar-refractivity contribution in [2.24, 2.45) is 5.73 Å². The van der Waals surface area contributed by atoms with Crippen LogP contribution in [0.2, 0.25) is 0 Å². The predicted molar refractivity (Wildman–Crippen MR) is 72.9 cm³/mol. The molecule has 0 spiro atoms. The van der Waals surface area contributed by atoms with Crippen molar-refractivity contribution < 1.29 is 9.90 Å². The van der Waals surface area contributed by atoms with Gasteiger partial charge in [-0.3, -0.25) is 9.78 Å². The Balaban J connectivity index is 2.26. The number of carbonyl (C=O) groups excluding carboxylic acids is 1. The molecule has 0 bridgehead atoms. The summed E-state index contributed by atoms with van der Waals surface area (Å²) >= 11 is 0. The molecule has 5 nitrogen and oxygen atoms in total. The highest BCUT2D eigenvalue weighted by atomic mass is 16.3. The van der Waals surface area contributed by atoms with E-state index < -0.39 is 0 Å².